The van der Waals surface area contributed by atoms with Crippen LogP contribution in [0.3, 0.4) is 0 Å². The fraction of sp³-hybridized carbons (Fsp3) is 0.133. The average Bonchev–Trinajstić information content (AvgIpc) is 3.23. The fourth-order valence-corrected chi connectivity index (χ4v) is 2.55. The van der Waals surface area contributed by atoms with Crippen LogP contribution in [0.4, 0.5) is 4.39 Å². The molecule has 2 heterocycles. The Bertz CT molecular complexity index is 817. The van der Waals surface area contributed by atoms with Gasteiger partial charge in [0.1, 0.15) is 5.69 Å². The highest BCUT2D eigenvalue weighted by Gasteiger charge is 2.14. The van der Waals surface area contributed by atoms with Crippen LogP contribution in [0.5, 0.6) is 5.75 Å². The van der Waals surface area contributed by atoms with Crippen molar-refractivity contribution < 1.29 is 18.3 Å². The molecule has 1 N–H and O–H groups in total. The van der Waals surface area contributed by atoms with Gasteiger partial charge in [0.2, 0.25) is 0 Å². The first-order chi connectivity index (χ1) is 11.2. The van der Waals surface area contributed by atoms with E-state index in [9.17, 15) is 9.18 Å². The van der Waals surface area contributed by atoms with Crippen LogP contribution in [0.15, 0.2) is 46.2 Å². The lowest BCUT2D eigenvalue weighted by molar-refractivity contribution is 0.102. The van der Waals surface area contributed by atoms with Crippen molar-refractivity contribution in [2.45, 2.75) is 5.22 Å². The van der Waals surface area contributed by atoms with Crippen molar-refractivity contribution in [1.29, 1.82) is 0 Å². The number of thioether (sulfide) groups is 1. The number of nitrogens with one attached hydrogen (secondary N) is 1. The van der Waals surface area contributed by atoms with Crippen LogP contribution in [0.2, 0.25) is 0 Å². The van der Waals surface area contributed by atoms with Crippen LogP contribution in [0, 0.1) is 5.82 Å². The normalized spacial score (nSPS) is 10.7. The van der Waals surface area contributed by atoms with E-state index in [2.05, 4.69) is 15.2 Å². The van der Waals surface area contributed by atoms with E-state index in [-0.39, 0.29) is 28.1 Å². The molecular weight excluding hydrogens is 321 g/mol. The molecule has 0 unspecified atom stereocenters. The molecule has 0 aliphatic heterocycles. The molecule has 1 aromatic carbocycles. The van der Waals surface area contributed by atoms with Gasteiger partial charge in [0.05, 0.1) is 12.9 Å². The van der Waals surface area contributed by atoms with E-state index in [1.165, 1.54) is 19.2 Å². The van der Waals surface area contributed by atoms with Crippen molar-refractivity contribution >= 4 is 17.5 Å². The summed E-state index contributed by atoms with van der Waals surface area (Å²) >= 11 is 1.10. The molecule has 23 heavy (non-hydrogen) atoms. The molecule has 6 nitrogen and oxygen atoms in total. The summed E-state index contributed by atoms with van der Waals surface area (Å²) in [5.74, 6) is -0.300. The number of ketones is 1. The number of aromatic nitrogens is 3. The van der Waals surface area contributed by atoms with Crippen LogP contribution < -0.4 is 4.74 Å². The number of carbonyl (C=O) groups excluding carboxylic acids is 1. The third-order valence-electron chi connectivity index (χ3n) is 3.04. The lowest BCUT2D eigenvalue weighted by Gasteiger charge is -2.03. The smallest absolute Gasteiger partial charge is 0.277 e. The Hall–Kier alpha value is -2.61. The number of Topliss-reactive ketones (excluding diaryl/α,β-unsaturated/α-hetero) is 1. The number of ether oxygens (including phenoxy) is 1. The second-order valence-corrected chi connectivity index (χ2v) is 5.44. The number of halogens is 1. The molecule has 2 aromatic heterocycles. The molecule has 118 valence electrons. The van der Waals surface area contributed by atoms with E-state index in [1.54, 1.807) is 12.3 Å². The van der Waals surface area contributed by atoms with Crippen LogP contribution in [0.25, 0.3) is 11.6 Å². The summed E-state index contributed by atoms with van der Waals surface area (Å²) in [6.07, 6.45) is 1.74. The second-order valence-electron chi connectivity index (χ2n) is 4.52. The Labute approximate surface area is 135 Å². The third-order valence-corrected chi connectivity index (χ3v) is 3.85. The van der Waals surface area contributed by atoms with Gasteiger partial charge in [-0.1, -0.05) is 11.8 Å². The Morgan fingerprint density at radius 2 is 2.26 bits per heavy atom. The molecule has 0 spiro atoms. The van der Waals surface area contributed by atoms with E-state index < -0.39 is 5.82 Å². The van der Waals surface area contributed by atoms with Crippen LogP contribution >= 0.6 is 11.8 Å². The molecule has 8 heteroatoms. The highest BCUT2D eigenvalue weighted by molar-refractivity contribution is 7.99. The molecular formula is C15H12FN3O3S. The van der Waals surface area contributed by atoms with Gasteiger partial charge in [-0.05, 0) is 30.3 Å². The first-order valence-corrected chi connectivity index (χ1v) is 7.62. The third kappa shape index (κ3) is 3.42. The number of benzene rings is 1. The molecule has 0 amide bonds. The Kier molecular flexibility index (Phi) is 4.42. The summed E-state index contributed by atoms with van der Waals surface area (Å²) in [7, 11) is 1.37. The zero-order valence-corrected chi connectivity index (χ0v) is 12.9. The fourth-order valence-electron chi connectivity index (χ4n) is 1.89. The van der Waals surface area contributed by atoms with Gasteiger partial charge in [-0.25, -0.2) is 4.39 Å². The average molecular weight is 333 g/mol. The van der Waals surface area contributed by atoms with Gasteiger partial charge in [-0.15, -0.1) is 10.2 Å². The number of rotatable bonds is 6. The Morgan fingerprint density at radius 3 is 2.96 bits per heavy atom. The van der Waals surface area contributed by atoms with E-state index >= 15 is 0 Å². The van der Waals surface area contributed by atoms with Crippen molar-refractivity contribution in [3.8, 4) is 17.3 Å². The van der Waals surface area contributed by atoms with Crippen LogP contribution in [0.1, 0.15) is 10.4 Å². The maximum Gasteiger partial charge on any atom is 0.277 e. The molecule has 0 aliphatic carbocycles. The number of H-pyrrole nitrogens is 1. The predicted molar refractivity (Wildman–Crippen MR) is 82.1 cm³/mol. The minimum atomic E-state index is -0.574. The van der Waals surface area contributed by atoms with Crippen molar-refractivity contribution in [1.82, 2.24) is 15.2 Å². The van der Waals surface area contributed by atoms with E-state index in [0.29, 0.717) is 11.6 Å². The molecule has 0 saturated heterocycles. The molecule has 0 saturated carbocycles. The molecule has 3 aromatic rings. The summed E-state index contributed by atoms with van der Waals surface area (Å²) in [5, 5.41) is 8.03. The molecule has 0 radical (unpaired) electrons. The van der Waals surface area contributed by atoms with Crippen LogP contribution in [-0.2, 0) is 0 Å². The highest BCUT2D eigenvalue weighted by Crippen LogP contribution is 2.24. The van der Waals surface area contributed by atoms with Gasteiger partial charge in [-0.2, -0.15) is 0 Å². The zero-order chi connectivity index (χ0) is 16.2. The standard InChI is InChI=1S/C15H12FN3O3S/c1-21-13-5-4-9(7-10(13)16)12(20)8-23-15-19-18-14(22-15)11-3-2-6-17-11/h2-7,17H,8H2,1H3. The summed E-state index contributed by atoms with van der Waals surface area (Å²) < 4.78 is 23.9. The first-order valence-electron chi connectivity index (χ1n) is 6.64. The largest absolute Gasteiger partial charge is 0.494 e. The lowest BCUT2D eigenvalue weighted by atomic mass is 10.1. The van der Waals surface area contributed by atoms with E-state index in [0.717, 1.165) is 17.8 Å². The SMILES string of the molecule is COc1ccc(C(=O)CSc2nnc(-c3ccc[nH]3)o2)cc1F. The summed E-state index contributed by atoms with van der Waals surface area (Å²) in [6, 6.07) is 7.70. The number of hydrogen-bond acceptors (Lipinski definition) is 6. The number of carbonyl (C=O) groups is 1. The topological polar surface area (TPSA) is 81.0 Å². The van der Waals surface area contributed by atoms with Crippen LogP contribution in [-0.4, -0.2) is 33.8 Å². The van der Waals surface area contributed by atoms with Gasteiger partial charge in [0.25, 0.3) is 11.1 Å². The van der Waals surface area contributed by atoms with E-state index in [4.69, 9.17) is 9.15 Å². The van der Waals surface area contributed by atoms with Gasteiger partial charge in [0.15, 0.2) is 17.3 Å². The summed E-state index contributed by atoms with van der Waals surface area (Å²) in [6.45, 7) is 0. The van der Waals surface area contributed by atoms with Gasteiger partial charge < -0.3 is 14.1 Å². The number of hydrogen-bond donors (Lipinski definition) is 1. The highest BCUT2D eigenvalue weighted by atomic mass is 32.2. The molecule has 0 bridgehead atoms. The quantitative estimate of drug-likeness (QED) is 0.551. The van der Waals surface area contributed by atoms with E-state index in [1.807, 2.05) is 6.07 Å². The van der Waals surface area contributed by atoms with Crippen molar-refractivity contribution in [3.05, 3.63) is 47.9 Å². The molecule has 0 atom stereocenters. The first kappa shape index (κ1) is 15.3. The monoisotopic (exact) mass is 333 g/mol. The number of aromatic amines is 1. The number of nitrogens with zero attached hydrogens (tertiary/aromatic N) is 2. The molecule has 0 aliphatic rings. The maximum absolute atomic E-state index is 13.6. The minimum Gasteiger partial charge on any atom is -0.494 e. The minimum absolute atomic E-state index is 0.0676. The summed E-state index contributed by atoms with van der Waals surface area (Å²) in [4.78, 5) is 15.0. The zero-order valence-electron chi connectivity index (χ0n) is 12.1. The van der Waals surface area contributed by atoms with Crippen molar-refractivity contribution in [2.75, 3.05) is 12.9 Å². The molecule has 0 fully saturated rings. The van der Waals surface area contributed by atoms with Crippen molar-refractivity contribution in [2.24, 2.45) is 0 Å². The van der Waals surface area contributed by atoms with Gasteiger partial charge >= 0.3 is 0 Å². The van der Waals surface area contributed by atoms with Gasteiger partial charge in [0, 0.05) is 11.8 Å². The Morgan fingerprint density at radius 1 is 1.39 bits per heavy atom. The lowest BCUT2D eigenvalue weighted by Crippen LogP contribution is -2.03. The predicted octanol–water partition coefficient (Wildman–Crippen LogP) is 3.19. The Balaban J connectivity index is 1.64. The van der Waals surface area contributed by atoms with Gasteiger partial charge in [-0.3, -0.25) is 4.79 Å². The molecule has 3 rings (SSSR count). The number of methoxy groups -OCH3 is 1. The maximum atomic E-state index is 13.6. The second kappa shape index (κ2) is 6.66. The summed E-state index contributed by atoms with van der Waals surface area (Å²) in [5.41, 5.74) is 0.966. The van der Waals surface area contributed by atoms with Crippen molar-refractivity contribution in [3.63, 3.8) is 0 Å².